The monoisotopic (exact) mass is 252 g/mol. The summed E-state index contributed by atoms with van der Waals surface area (Å²) >= 11 is 0. The van der Waals surface area contributed by atoms with E-state index in [-0.39, 0.29) is 12.8 Å². The van der Waals surface area contributed by atoms with Crippen molar-refractivity contribution in [1.82, 2.24) is 5.32 Å². The lowest BCUT2D eigenvalue weighted by atomic mass is 9.88. The molecule has 0 unspecified atom stereocenters. The molecule has 7 heteroatoms. The number of nitrogens with zero attached hydrogens (tertiary/aromatic N) is 3. The Bertz CT molecular complexity index is 500. The molecule has 0 heterocycles. The fraction of sp³-hybridized carbons (Fsp3) is 0.364. The number of amides is 1. The highest BCUT2D eigenvalue weighted by Crippen LogP contribution is 2.37. The molecule has 0 spiro atoms. The van der Waals surface area contributed by atoms with Gasteiger partial charge in [0, 0.05) is 35.0 Å². The van der Waals surface area contributed by atoms with Crippen molar-refractivity contribution < 1.29 is 13.6 Å². The molecule has 0 saturated heterocycles. The molecule has 1 aromatic carbocycles. The van der Waals surface area contributed by atoms with Crippen LogP contribution >= 0.6 is 0 Å². The molecule has 1 amide bonds. The van der Waals surface area contributed by atoms with E-state index < -0.39 is 17.9 Å². The van der Waals surface area contributed by atoms with E-state index in [2.05, 4.69) is 15.3 Å². The maximum absolute atomic E-state index is 12.6. The van der Waals surface area contributed by atoms with Crippen LogP contribution in [0, 0.1) is 0 Å². The first kappa shape index (κ1) is 12.3. The average molecular weight is 252 g/mol. The molecule has 0 aliphatic heterocycles. The van der Waals surface area contributed by atoms with E-state index in [4.69, 9.17) is 5.53 Å². The van der Waals surface area contributed by atoms with Crippen molar-refractivity contribution >= 4 is 11.6 Å². The molecule has 2 rings (SSSR count). The number of nitrogens with one attached hydrogen (secondary N) is 1. The quantitative estimate of drug-likeness (QED) is 0.500. The van der Waals surface area contributed by atoms with Crippen LogP contribution in [0.25, 0.3) is 10.4 Å². The molecular weight excluding hydrogens is 242 g/mol. The molecule has 0 atom stereocenters. The van der Waals surface area contributed by atoms with E-state index in [1.165, 1.54) is 24.3 Å². The minimum atomic E-state index is -2.65. The summed E-state index contributed by atoms with van der Waals surface area (Å²) in [6.45, 7) is 0. The molecule has 18 heavy (non-hydrogen) atoms. The van der Waals surface area contributed by atoms with Crippen LogP contribution in [0.5, 0.6) is 0 Å². The summed E-state index contributed by atoms with van der Waals surface area (Å²) in [4.78, 5) is 14.3. The highest BCUT2D eigenvalue weighted by molar-refractivity contribution is 5.94. The zero-order valence-corrected chi connectivity index (χ0v) is 9.31. The van der Waals surface area contributed by atoms with Crippen LogP contribution in [0.15, 0.2) is 29.4 Å². The minimum absolute atomic E-state index is 0.310. The fourth-order valence-electron chi connectivity index (χ4n) is 1.76. The highest BCUT2D eigenvalue weighted by atomic mass is 19.3. The van der Waals surface area contributed by atoms with Crippen molar-refractivity contribution in [3.8, 4) is 0 Å². The first-order chi connectivity index (χ1) is 8.50. The van der Waals surface area contributed by atoms with Gasteiger partial charge in [0.2, 0.25) is 0 Å². The van der Waals surface area contributed by atoms with Gasteiger partial charge in [0.25, 0.3) is 11.8 Å². The normalized spacial score (nSPS) is 17.4. The van der Waals surface area contributed by atoms with Crippen molar-refractivity contribution in [2.24, 2.45) is 5.11 Å². The maximum Gasteiger partial charge on any atom is 0.252 e. The molecule has 1 saturated carbocycles. The van der Waals surface area contributed by atoms with Crippen LogP contribution in [-0.4, -0.2) is 17.9 Å². The van der Waals surface area contributed by atoms with Gasteiger partial charge in [-0.3, -0.25) is 4.79 Å². The van der Waals surface area contributed by atoms with Crippen LogP contribution in [0.3, 0.4) is 0 Å². The molecular formula is C11H10F2N4O. The first-order valence-electron chi connectivity index (χ1n) is 5.34. The third-order valence-electron chi connectivity index (χ3n) is 2.71. The second-order valence-electron chi connectivity index (χ2n) is 4.17. The molecule has 94 valence electrons. The summed E-state index contributed by atoms with van der Waals surface area (Å²) in [5, 5.41) is 5.88. The average Bonchev–Trinajstić information content (AvgIpc) is 2.28. The van der Waals surface area contributed by atoms with E-state index in [0.29, 0.717) is 11.3 Å². The zero-order valence-electron chi connectivity index (χ0n) is 9.31. The van der Waals surface area contributed by atoms with Gasteiger partial charge in [-0.05, 0) is 17.7 Å². The first-order valence-corrected chi connectivity index (χ1v) is 5.34. The molecule has 1 aromatic rings. The van der Waals surface area contributed by atoms with E-state index in [1.807, 2.05) is 0 Å². The van der Waals surface area contributed by atoms with E-state index in [9.17, 15) is 13.6 Å². The van der Waals surface area contributed by atoms with Crippen LogP contribution < -0.4 is 5.32 Å². The Morgan fingerprint density at radius 2 is 2.00 bits per heavy atom. The fourth-order valence-corrected chi connectivity index (χ4v) is 1.76. The standard InChI is InChI=1S/C11H10F2N4O/c12-11(13)5-9(6-11)15-10(18)7-1-3-8(4-2-7)16-17-14/h1-4,9H,5-6H2,(H,15,18). The van der Waals surface area contributed by atoms with Crippen molar-refractivity contribution in [2.45, 2.75) is 24.8 Å². The number of halogens is 2. The summed E-state index contributed by atoms with van der Waals surface area (Å²) in [5.41, 5.74) is 8.96. The van der Waals surface area contributed by atoms with Gasteiger partial charge >= 0.3 is 0 Å². The topological polar surface area (TPSA) is 77.9 Å². The molecule has 1 fully saturated rings. The molecule has 0 aromatic heterocycles. The Labute approximate surface area is 101 Å². The smallest absolute Gasteiger partial charge is 0.252 e. The van der Waals surface area contributed by atoms with Gasteiger partial charge in [0.15, 0.2) is 0 Å². The number of carbonyl (C=O) groups is 1. The molecule has 1 N–H and O–H groups in total. The van der Waals surface area contributed by atoms with Crippen LogP contribution in [0.4, 0.5) is 14.5 Å². The number of rotatable bonds is 3. The summed E-state index contributed by atoms with van der Waals surface area (Å²) in [6.07, 6.45) is -0.620. The summed E-state index contributed by atoms with van der Waals surface area (Å²) in [5.74, 6) is -3.05. The Kier molecular flexibility index (Phi) is 3.16. The van der Waals surface area contributed by atoms with Gasteiger partial charge in [-0.1, -0.05) is 17.2 Å². The largest absolute Gasteiger partial charge is 0.349 e. The predicted molar refractivity (Wildman–Crippen MR) is 60.7 cm³/mol. The molecule has 1 aliphatic rings. The van der Waals surface area contributed by atoms with E-state index >= 15 is 0 Å². The Morgan fingerprint density at radius 3 is 2.50 bits per heavy atom. The van der Waals surface area contributed by atoms with E-state index in [1.54, 1.807) is 0 Å². The van der Waals surface area contributed by atoms with Gasteiger partial charge in [0.05, 0.1) is 0 Å². The second-order valence-corrected chi connectivity index (χ2v) is 4.17. The predicted octanol–water partition coefficient (Wildman–Crippen LogP) is 3.16. The van der Waals surface area contributed by atoms with Crippen molar-refractivity contribution in [1.29, 1.82) is 0 Å². The van der Waals surface area contributed by atoms with Crippen molar-refractivity contribution in [2.75, 3.05) is 0 Å². The van der Waals surface area contributed by atoms with Gasteiger partial charge in [-0.25, -0.2) is 8.78 Å². The van der Waals surface area contributed by atoms with Crippen LogP contribution in [0.2, 0.25) is 0 Å². The number of benzene rings is 1. The van der Waals surface area contributed by atoms with Gasteiger partial charge in [-0.15, -0.1) is 0 Å². The molecule has 5 nitrogen and oxygen atoms in total. The van der Waals surface area contributed by atoms with Crippen molar-refractivity contribution in [3.63, 3.8) is 0 Å². The third-order valence-corrected chi connectivity index (χ3v) is 2.71. The molecule has 1 aliphatic carbocycles. The summed E-state index contributed by atoms with van der Waals surface area (Å²) < 4.78 is 25.2. The maximum atomic E-state index is 12.6. The second kappa shape index (κ2) is 4.62. The number of azide groups is 1. The van der Waals surface area contributed by atoms with Crippen molar-refractivity contribution in [3.05, 3.63) is 40.3 Å². The number of alkyl halides is 2. The lowest BCUT2D eigenvalue weighted by Gasteiger charge is -2.35. The van der Waals surface area contributed by atoms with Gasteiger partial charge in [0.1, 0.15) is 0 Å². The number of hydrogen-bond donors (Lipinski definition) is 1. The molecule has 0 radical (unpaired) electrons. The van der Waals surface area contributed by atoms with E-state index in [0.717, 1.165) is 0 Å². The van der Waals surface area contributed by atoms with Crippen LogP contribution in [0.1, 0.15) is 23.2 Å². The SMILES string of the molecule is [N-]=[N+]=Nc1ccc(C(=O)NC2CC(F)(F)C2)cc1. The number of carbonyl (C=O) groups excluding carboxylic acids is 1. The lowest BCUT2D eigenvalue weighted by molar-refractivity contribution is -0.0901. The van der Waals surface area contributed by atoms with Gasteiger partial charge < -0.3 is 5.32 Å². The highest BCUT2D eigenvalue weighted by Gasteiger charge is 2.45. The number of hydrogen-bond acceptors (Lipinski definition) is 2. The minimum Gasteiger partial charge on any atom is -0.349 e. The zero-order chi connectivity index (χ0) is 13.2. The lowest BCUT2D eigenvalue weighted by Crippen LogP contribution is -2.50. The van der Waals surface area contributed by atoms with Crippen LogP contribution in [-0.2, 0) is 0 Å². The Balaban J connectivity index is 1.95. The Hall–Kier alpha value is -2.14. The summed E-state index contributed by atoms with van der Waals surface area (Å²) in [7, 11) is 0. The Morgan fingerprint density at radius 1 is 1.39 bits per heavy atom. The van der Waals surface area contributed by atoms with Gasteiger partial charge in [-0.2, -0.15) is 0 Å². The summed E-state index contributed by atoms with van der Waals surface area (Å²) in [6, 6.07) is 5.48. The third kappa shape index (κ3) is 2.75. The molecule has 0 bridgehead atoms.